The molecule has 4 heteroatoms. The molecule has 1 rings (SSSR count). The highest BCUT2D eigenvalue weighted by Gasteiger charge is 2.21. The summed E-state index contributed by atoms with van der Waals surface area (Å²) in [6.45, 7) is 10.0. The zero-order valence-corrected chi connectivity index (χ0v) is 13.0. The van der Waals surface area contributed by atoms with Crippen LogP contribution in [0.25, 0.3) is 0 Å². The van der Waals surface area contributed by atoms with Crippen molar-refractivity contribution in [3.63, 3.8) is 0 Å². The van der Waals surface area contributed by atoms with E-state index < -0.39 is 5.41 Å². The maximum absolute atomic E-state index is 11.7. The zero-order valence-electron chi connectivity index (χ0n) is 13.0. The highest BCUT2D eigenvalue weighted by Crippen LogP contribution is 2.12. The first kappa shape index (κ1) is 16.2. The number of rotatable bonds is 4. The van der Waals surface area contributed by atoms with E-state index in [0.717, 1.165) is 11.1 Å². The van der Waals surface area contributed by atoms with E-state index >= 15 is 0 Å². The van der Waals surface area contributed by atoms with Crippen LogP contribution in [0.1, 0.15) is 37.5 Å². The van der Waals surface area contributed by atoms with E-state index in [4.69, 9.17) is 0 Å². The van der Waals surface area contributed by atoms with Crippen molar-refractivity contribution in [1.29, 1.82) is 0 Å². The van der Waals surface area contributed by atoms with E-state index in [1.54, 1.807) is 0 Å². The van der Waals surface area contributed by atoms with Gasteiger partial charge in [0, 0.05) is 12.0 Å². The van der Waals surface area contributed by atoms with Gasteiger partial charge in [-0.2, -0.15) is 0 Å². The molecule has 0 aliphatic carbocycles. The van der Waals surface area contributed by atoms with Gasteiger partial charge in [-0.3, -0.25) is 9.59 Å². The summed E-state index contributed by atoms with van der Waals surface area (Å²) in [6, 6.07) is 6.12. The lowest BCUT2D eigenvalue weighted by Crippen LogP contribution is -2.41. The largest absolute Gasteiger partial charge is 0.350 e. The molecular weight excluding hydrogens is 252 g/mol. The molecule has 0 aliphatic rings. The van der Waals surface area contributed by atoms with Crippen molar-refractivity contribution in [2.45, 2.75) is 41.2 Å². The lowest BCUT2D eigenvalue weighted by atomic mass is 9.96. The highest BCUT2D eigenvalue weighted by atomic mass is 16.2. The van der Waals surface area contributed by atoms with Crippen LogP contribution >= 0.6 is 0 Å². The molecule has 2 N–H and O–H groups in total. The fourth-order valence-electron chi connectivity index (χ4n) is 1.73. The quantitative estimate of drug-likeness (QED) is 0.884. The highest BCUT2D eigenvalue weighted by molar-refractivity contribution is 5.87. The summed E-state index contributed by atoms with van der Waals surface area (Å²) < 4.78 is 0. The lowest BCUT2D eigenvalue weighted by Gasteiger charge is -2.17. The summed E-state index contributed by atoms with van der Waals surface area (Å²) in [5.41, 5.74) is 2.97. The summed E-state index contributed by atoms with van der Waals surface area (Å²) in [5.74, 6) is -0.304. The molecule has 0 aromatic heterocycles. The summed E-state index contributed by atoms with van der Waals surface area (Å²) in [6.07, 6.45) is 0. The molecule has 0 spiro atoms. The van der Waals surface area contributed by atoms with E-state index in [9.17, 15) is 9.59 Å². The molecule has 0 saturated carbocycles. The predicted molar refractivity (Wildman–Crippen MR) is 80.2 cm³/mol. The van der Waals surface area contributed by atoms with Crippen molar-refractivity contribution in [3.8, 4) is 0 Å². The maximum atomic E-state index is 11.7. The summed E-state index contributed by atoms with van der Waals surface area (Å²) in [5, 5.41) is 5.44. The molecule has 1 aromatic rings. The van der Waals surface area contributed by atoms with Gasteiger partial charge in [0.25, 0.3) is 0 Å². The topological polar surface area (TPSA) is 58.2 Å². The van der Waals surface area contributed by atoms with Gasteiger partial charge in [0.2, 0.25) is 11.8 Å². The third-order valence-electron chi connectivity index (χ3n) is 3.06. The van der Waals surface area contributed by atoms with Crippen LogP contribution in [0.15, 0.2) is 18.2 Å². The van der Waals surface area contributed by atoms with Crippen molar-refractivity contribution in [1.82, 2.24) is 10.6 Å². The Balaban J connectivity index is 2.42. The van der Waals surface area contributed by atoms with Crippen LogP contribution in [0.5, 0.6) is 0 Å². The second-order valence-corrected chi connectivity index (χ2v) is 6.14. The second kappa shape index (κ2) is 6.55. The Kier molecular flexibility index (Phi) is 5.31. The van der Waals surface area contributed by atoms with E-state index in [0.29, 0.717) is 6.54 Å². The normalized spacial score (nSPS) is 11.1. The molecule has 0 saturated heterocycles. The van der Waals surface area contributed by atoms with Crippen LogP contribution < -0.4 is 10.6 Å². The number of hydrogen-bond donors (Lipinski definition) is 2. The standard InChI is InChI=1S/C16H24N2O2/c1-11-6-7-13(12(2)8-11)9-17-14(19)10-18-15(20)16(3,4)5/h6-8H,9-10H2,1-5H3,(H,17,19)(H,18,20). The average molecular weight is 276 g/mol. The fraction of sp³-hybridized carbons (Fsp3) is 0.500. The Morgan fingerprint density at radius 1 is 1.10 bits per heavy atom. The number of nitrogens with one attached hydrogen (secondary N) is 2. The van der Waals surface area contributed by atoms with Crippen LogP contribution in [0.4, 0.5) is 0 Å². The molecular formula is C16H24N2O2. The van der Waals surface area contributed by atoms with Crippen LogP contribution in [0, 0.1) is 19.3 Å². The molecule has 0 aliphatic heterocycles. The first-order valence-electron chi connectivity index (χ1n) is 6.81. The molecule has 4 nitrogen and oxygen atoms in total. The Bertz CT molecular complexity index is 502. The third kappa shape index (κ3) is 5.03. The van der Waals surface area contributed by atoms with E-state index in [-0.39, 0.29) is 18.4 Å². The number of carbonyl (C=O) groups excluding carboxylic acids is 2. The van der Waals surface area contributed by atoms with Gasteiger partial charge in [0.1, 0.15) is 0 Å². The molecule has 0 fully saturated rings. The summed E-state index contributed by atoms with van der Waals surface area (Å²) in [4.78, 5) is 23.3. The van der Waals surface area contributed by atoms with Crippen molar-refractivity contribution in [2.24, 2.45) is 5.41 Å². The molecule has 1 aromatic carbocycles. The van der Waals surface area contributed by atoms with Crippen molar-refractivity contribution in [2.75, 3.05) is 6.54 Å². The lowest BCUT2D eigenvalue weighted by molar-refractivity contribution is -0.131. The molecule has 0 bridgehead atoms. The first-order chi connectivity index (χ1) is 9.20. The van der Waals surface area contributed by atoms with Crippen molar-refractivity contribution < 1.29 is 9.59 Å². The molecule has 0 heterocycles. The van der Waals surface area contributed by atoms with E-state index in [1.807, 2.05) is 46.8 Å². The van der Waals surface area contributed by atoms with Crippen molar-refractivity contribution in [3.05, 3.63) is 34.9 Å². The van der Waals surface area contributed by atoms with Crippen LogP contribution in [-0.2, 0) is 16.1 Å². The maximum Gasteiger partial charge on any atom is 0.239 e. The SMILES string of the molecule is Cc1ccc(CNC(=O)CNC(=O)C(C)(C)C)c(C)c1. The first-order valence-corrected chi connectivity index (χ1v) is 6.81. The second-order valence-electron chi connectivity index (χ2n) is 6.14. The van der Waals surface area contributed by atoms with Gasteiger partial charge in [0.15, 0.2) is 0 Å². The minimum atomic E-state index is -0.478. The van der Waals surface area contributed by atoms with E-state index in [1.165, 1.54) is 5.56 Å². The van der Waals surface area contributed by atoms with E-state index in [2.05, 4.69) is 16.7 Å². The summed E-state index contributed by atoms with van der Waals surface area (Å²) >= 11 is 0. The number of amides is 2. The Morgan fingerprint density at radius 2 is 1.75 bits per heavy atom. The monoisotopic (exact) mass is 276 g/mol. The molecule has 0 unspecified atom stereocenters. The predicted octanol–water partition coefficient (Wildman–Crippen LogP) is 2.08. The van der Waals surface area contributed by atoms with Gasteiger partial charge < -0.3 is 10.6 Å². The number of benzene rings is 1. The smallest absolute Gasteiger partial charge is 0.239 e. The van der Waals surface area contributed by atoms with Gasteiger partial charge in [-0.1, -0.05) is 44.5 Å². The van der Waals surface area contributed by atoms with Gasteiger partial charge in [-0.15, -0.1) is 0 Å². The van der Waals surface area contributed by atoms with Crippen molar-refractivity contribution >= 4 is 11.8 Å². The van der Waals surface area contributed by atoms with Gasteiger partial charge in [-0.05, 0) is 25.0 Å². The van der Waals surface area contributed by atoms with Crippen LogP contribution in [0.2, 0.25) is 0 Å². The minimum absolute atomic E-state index is 0.0149. The van der Waals surface area contributed by atoms with Gasteiger partial charge >= 0.3 is 0 Å². The summed E-state index contributed by atoms with van der Waals surface area (Å²) in [7, 11) is 0. The Morgan fingerprint density at radius 3 is 2.30 bits per heavy atom. The number of carbonyl (C=O) groups is 2. The minimum Gasteiger partial charge on any atom is -0.350 e. The molecule has 110 valence electrons. The van der Waals surface area contributed by atoms with Gasteiger partial charge in [0.05, 0.1) is 6.54 Å². The number of hydrogen-bond acceptors (Lipinski definition) is 2. The number of aryl methyl sites for hydroxylation is 2. The average Bonchev–Trinajstić information content (AvgIpc) is 2.33. The Hall–Kier alpha value is -1.84. The molecule has 20 heavy (non-hydrogen) atoms. The van der Waals surface area contributed by atoms with Gasteiger partial charge in [-0.25, -0.2) is 0 Å². The Labute approximate surface area is 121 Å². The fourth-order valence-corrected chi connectivity index (χ4v) is 1.73. The molecule has 2 amide bonds. The molecule has 0 radical (unpaired) electrons. The zero-order chi connectivity index (χ0) is 15.3. The van der Waals surface area contributed by atoms with Crippen LogP contribution in [0.3, 0.4) is 0 Å². The van der Waals surface area contributed by atoms with Crippen LogP contribution in [-0.4, -0.2) is 18.4 Å². The molecule has 0 atom stereocenters. The third-order valence-corrected chi connectivity index (χ3v) is 3.06.